The van der Waals surface area contributed by atoms with Crippen LogP contribution in [0.3, 0.4) is 0 Å². The lowest BCUT2D eigenvalue weighted by Gasteiger charge is -2.28. The van der Waals surface area contributed by atoms with Gasteiger partial charge < -0.3 is 19.1 Å². The van der Waals surface area contributed by atoms with Crippen molar-refractivity contribution in [2.75, 3.05) is 4.90 Å². The van der Waals surface area contributed by atoms with Crippen molar-refractivity contribution in [2.24, 2.45) is 0 Å². The van der Waals surface area contributed by atoms with Gasteiger partial charge >= 0.3 is 0 Å². The van der Waals surface area contributed by atoms with Crippen LogP contribution in [-0.2, 0) is 6.54 Å². The summed E-state index contributed by atoms with van der Waals surface area (Å²) in [7, 11) is 0. The SMILES string of the molecule is C1=Cc2c(oc3cccc(N(c4cc(-c5ccccc5)c5ccccc5c4)c4cccc5oc6cccnc6c45)c23)CN1. The second-order valence-corrected chi connectivity index (χ2v) is 10.8. The third-order valence-electron chi connectivity index (χ3n) is 8.34. The predicted octanol–water partition coefficient (Wildman–Crippen LogP) is 10.1. The molecule has 0 atom stereocenters. The average molecular weight is 556 g/mol. The Morgan fingerprint density at radius 3 is 2.33 bits per heavy atom. The van der Waals surface area contributed by atoms with Crippen LogP contribution in [0.5, 0.6) is 0 Å². The molecule has 5 heteroatoms. The van der Waals surface area contributed by atoms with Crippen LogP contribution in [0.25, 0.3) is 61.0 Å². The maximum absolute atomic E-state index is 6.39. The standard InChI is InChI=1S/C38H25N3O2/c1-2-9-24(10-3-1)29-22-26(21-25-11-4-5-12-27(25)29)41(30-13-6-15-32-36(30)28-18-20-39-23-35(28)43-32)31-14-7-16-33-37(31)38-34(42-33)17-8-19-40-38/h1-22,39H,23H2. The third kappa shape index (κ3) is 3.68. The Bertz CT molecular complexity index is 2360. The first kappa shape index (κ1) is 23.9. The number of hydrogen-bond acceptors (Lipinski definition) is 5. The average Bonchev–Trinajstić information content (AvgIpc) is 3.64. The molecule has 0 saturated heterocycles. The number of anilines is 3. The van der Waals surface area contributed by atoms with Gasteiger partial charge in [-0.3, -0.25) is 4.98 Å². The topological polar surface area (TPSA) is 54.4 Å². The first-order chi connectivity index (χ1) is 21.3. The zero-order valence-electron chi connectivity index (χ0n) is 23.1. The van der Waals surface area contributed by atoms with Crippen LogP contribution < -0.4 is 10.2 Å². The number of nitrogens with one attached hydrogen (secondary N) is 1. The number of aromatic nitrogens is 1. The minimum Gasteiger partial charge on any atom is -0.458 e. The van der Waals surface area contributed by atoms with Crippen molar-refractivity contribution in [1.29, 1.82) is 0 Å². The van der Waals surface area contributed by atoms with Gasteiger partial charge in [0.25, 0.3) is 0 Å². The highest BCUT2D eigenvalue weighted by molar-refractivity contribution is 6.14. The van der Waals surface area contributed by atoms with Crippen LogP contribution in [-0.4, -0.2) is 4.98 Å². The molecule has 3 aromatic heterocycles. The van der Waals surface area contributed by atoms with Gasteiger partial charge in [0.15, 0.2) is 5.58 Å². The lowest BCUT2D eigenvalue weighted by atomic mass is 9.96. The molecule has 1 aliphatic heterocycles. The fourth-order valence-corrected chi connectivity index (χ4v) is 6.49. The zero-order valence-corrected chi connectivity index (χ0v) is 23.1. The van der Waals surface area contributed by atoms with Crippen molar-refractivity contribution < 1.29 is 8.83 Å². The van der Waals surface area contributed by atoms with Crippen molar-refractivity contribution >= 4 is 66.9 Å². The molecule has 0 bridgehead atoms. The maximum atomic E-state index is 6.39. The largest absolute Gasteiger partial charge is 0.458 e. The van der Waals surface area contributed by atoms with Gasteiger partial charge in [0, 0.05) is 17.4 Å². The quantitative estimate of drug-likeness (QED) is 0.234. The Morgan fingerprint density at radius 2 is 1.44 bits per heavy atom. The van der Waals surface area contributed by atoms with E-state index in [1.165, 1.54) is 16.5 Å². The van der Waals surface area contributed by atoms with Gasteiger partial charge in [0.2, 0.25) is 0 Å². The van der Waals surface area contributed by atoms with Crippen molar-refractivity contribution in [1.82, 2.24) is 10.3 Å². The summed E-state index contributed by atoms with van der Waals surface area (Å²) in [5.41, 5.74) is 9.75. The molecular formula is C38H25N3O2. The summed E-state index contributed by atoms with van der Waals surface area (Å²) in [6.07, 6.45) is 5.93. The van der Waals surface area contributed by atoms with Crippen molar-refractivity contribution in [3.8, 4) is 11.1 Å². The molecule has 8 aromatic rings. The first-order valence-electron chi connectivity index (χ1n) is 14.4. The molecule has 43 heavy (non-hydrogen) atoms. The van der Waals surface area contributed by atoms with Gasteiger partial charge in [-0.15, -0.1) is 0 Å². The first-order valence-corrected chi connectivity index (χ1v) is 14.4. The molecule has 0 fully saturated rings. The van der Waals surface area contributed by atoms with E-state index in [-0.39, 0.29) is 0 Å². The number of nitrogens with zero attached hydrogens (tertiary/aromatic N) is 2. The number of rotatable bonds is 4. The maximum Gasteiger partial charge on any atom is 0.153 e. The van der Waals surface area contributed by atoms with E-state index >= 15 is 0 Å². The smallest absolute Gasteiger partial charge is 0.153 e. The predicted molar refractivity (Wildman–Crippen MR) is 175 cm³/mol. The van der Waals surface area contributed by atoms with Crippen LogP contribution in [0, 0.1) is 0 Å². The van der Waals surface area contributed by atoms with E-state index in [4.69, 9.17) is 13.8 Å². The van der Waals surface area contributed by atoms with Gasteiger partial charge in [-0.1, -0.05) is 66.7 Å². The van der Waals surface area contributed by atoms with Crippen LogP contribution in [0.2, 0.25) is 0 Å². The molecule has 0 saturated carbocycles. The summed E-state index contributed by atoms with van der Waals surface area (Å²) in [5.74, 6) is 0.932. The van der Waals surface area contributed by atoms with Crippen LogP contribution >= 0.6 is 0 Å². The lowest BCUT2D eigenvalue weighted by molar-refractivity contribution is 0.532. The Hall–Kier alpha value is -5.81. The minimum atomic E-state index is 0.653. The molecule has 0 radical (unpaired) electrons. The number of furan rings is 2. The van der Waals surface area contributed by atoms with Crippen LogP contribution in [0.1, 0.15) is 11.3 Å². The molecule has 9 rings (SSSR count). The zero-order chi connectivity index (χ0) is 28.3. The molecule has 1 N–H and O–H groups in total. The molecule has 5 aromatic carbocycles. The number of hydrogen-bond donors (Lipinski definition) is 1. The van der Waals surface area contributed by atoms with Gasteiger partial charge in [-0.05, 0) is 82.7 Å². The van der Waals surface area contributed by atoms with Gasteiger partial charge in [0.1, 0.15) is 22.4 Å². The van der Waals surface area contributed by atoms with E-state index in [0.29, 0.717) is 6.54 Å². The summed E-state index contributed by atoms with van der Waals surface area (Å²) >= 11 is 0. The summed E-state index contributed by atoms with van der Waals surface area (Å²) < 4.78 is 12.7. The van der Waals surface area contributed by atoms with Crippen LogP contribution in [0.15, 0.2) is 136 Å². The van der Waals surface area contributed by atoms with E-state index in [2.05, 4.69) is 107 Å². The monoisotopic (exact) mass is 555 g/mol. The van der Waals surface area contributed by atoms with Gasteiger partial charge in [0.05, 0.1) is 28.7 Å². The third-order valence-corrected chi connectivity index (χ3v) is 8.34. The highest BCUT2D eigenvalue weighted by atomic mass is 16.3. The number of pyridine rings is 1. The van der Waals surface area contributed by atoms with Gasteiger partial charge in [-0.2, -0.15) is 0 Å². The Kier molecular flexibility index (Phi) is 5.19. The molecule has 5 nitrogen and oxygen atoms in total. The Morgan fingerprint density at radius 1 is 0.674 bits per heavy atom. The molecular weight excluding hydrogens is 530 g/mol. The number of fused-ring (bicyclic) bond motifs is 7. The summed E-state index contributed by atoms with van der Waals surface area (Å²) in [6.45, 7) is 0.653. The molecule has 0 unspecified atom stereocenters. The van der Waals surface area contributed by atoms with E-state index in [1.54, 1.807) is 0 Å². The van der Waals surface area contributed by atoms with Crippen LogP contribution in [0.4, 0.5) is 17.1 Å². The molecule has 4 heterocycles. The second kappa shape index (κ2) is 9.36. The van der Waals surface area contributed by atoms with E-state index in [0.717, 1.165) is 66.8 Å². The highest BCUT2D eigenvalue weighted by Crippen LogP contribution is 2.48. The number of benzene rings is 5. The lowest BCUT2D eigenvalue weighted by Crippen LogP contribution is -2.12. The van der Waals surface area contributed by atoms with E-state index < -0.39 is 0 Å². The summed E-state index contributed by atoms with van der Waals surface area (Å²) in [4.78, 5) is 7.13. The summed E-state index contributed by atoms with van der Waals surface area (Å²) in [5, 5.41) is 7.71. The Labute approximate surface area is 247 Å². The Balaban J connectivity index is 1.42. The van der Waals surface area contributed by atoms with Gasteiger partial charge in [-0.25, -0.2) is 0 Å². The second-order valence-electron chi connectivity index (χ2n) is 10.8. The van der Waals surface area contributed by atoms with E-state index in [1.807, 2.05) is 36.7 Å². The van der Waals surface area contributed by atoms with Crippen molar-refractivity contribution in [2.45, 2.75) is 6.54 Å². The molecule has 1 aliphatic rings. The fourth-order valence-electron chi connectivity index (χ4n) is 6.49. The molecule has 0 amide bonds. The molecule has 204 valence electrons. The summed E-state index contributed by atoms with van der Waals surface area (Å²) in [6, 6.07) is 40.2. The highest BCUT2D eigenvalue weighted by Gasteiger charge is 2.26. The molecule has 0 aliphatic carbocycles. The van der Waals surface area contributed by atoms with Crippen molar-refractivity contribution in [3.63, 3.8) is 0 Å². The van der Waals surface area contributed by atoms with Crippen molar-refractivity contribution in [3.05, 3.63) is 139 Å². The van der Waals surface area contributed by atoms with E-state index in [9.17, 15) is 0 Å². The minimum absolute atomic E-state index is 0.653. The molecule has 0 spiro atoms. The normalized spacial score (nSPS) is 12.7. The fraction of sp³-hybridized carbons (Fsp3) is 0.0263.